The number of benzene rings is 2. The fourth-order valence-corrected chi connectivity index (χ4v) is 3.34. The second-order valence-electron chi connectivity index (χ2n) is 8.03. The molecule has 1 saturated carbocycles. The van der Waals surface area contributed by atoms with Crippen molar-refractivity contribution in [2.75, 3.05) is 0 Å². The van der Waals surface area contributed by atoms with E-state index in [9.17, 15) is 22.4 Å². The van der Waals surface area contributed by atoms with E-state index >= 15 is 0 Å². The van der Waals surface area contributed by atoms with Crippen LogP contribution in [0, 0.1) is 12.7 Å². The number of carbonyl (C=O) groups excluding carboxylic acids is 1. The maximum atomic E-state index is 13.9. The van der Waals surface area contributed by atoms with Crippen LogP contribution in [0.3, 0.4) is 0 Å². The second-order valence-corrected chi connectivity index (χ2v) is 8.03. The summed E-state index contributed by atoms with van der Waals surface area (Å²) in [6.07, 6.45) is -2.45. The van der Waals surface area contributed by atoms with Crippen LogP contribution in [-0.4, -0.2) is 24.1 Å². The molecule has 32 heavy (non-hydrogen) atoms. The van der Waals surface area contributed by atoms with Gasteiger partial charge in [-0.15, -0.1) is 0 Å². The lowest BCUT2D eigenvalue weighted by Crippen LogP contribution is -2.44. The van der Waals surface area contributed by atoms with E-state index in [2.05, 4.69) is 26.5 Å². The summed E-state index contributed by atoms with van der Waals surface area (Å²) in [5.41, 5.74) is 6.72. The molecule has 6 nitrogen and oxygen atoms in total. The number of hydrazine groups is 1. The maximum absolute atomic E-state index is 13.9. The van der Waals surface area contributed by atoms with Crippen molar-refractivity contribution in [1.82, 2.24) is 21.5 Å². The first kappa shape index (κ1) is 22.2. The average molecular weight is 449 g/mol. The number of nitrogens with zero attached hydrogens (tertiary/aromatic N) is 1. The van der Waals surface area contributed by atoms with E-state index in [-0.39, 0.29) is 29.4 Å². The molecule has 0 spiro atoms. The van der Waals surface area contributed by atoms with Crippen molar-refractivity contribution in [3.05, 3.63) is 70.5 Å². The number of aryl methyl sites for hydroxylation is 1. The third-order valence-corrected chi connectivity index (χ3v) is 5.39. The second kappa shape index (κ2) is 8.87. The van der Waals surface area contributed by atoms with E-state index in [1.807, 2.05) is 6.07 Å². The molecule has 2 fully saturated rings. The van der Waals surface area contributed by atoms with E-state index < -0.39 is 23.8 Å². The number of amides is 1. The lowest BCUT2D eigenvalue weighted by Gasteiger charge is -2.14. The van der Waals surface area contributed by atoms with Gasteiger partial charge in [0.25, 0.3) is 5.91 Å². The number of halogens is 4. The first-order valence-electron chi connectivity index (χ1n) is 10.3. The van der Waals surface area contributed by atoms with E-state index in [1.54, 1.807) is 13.0 Å². The minimum atomic E-state index is -4.47. The lowest BCUT2D eigenvalue weighted by atomic mass is 10.0. The topological polar surface area (TPSA) is 77.5 Å². The molecule has 2 aliphatic rings. The first-order chi connectivity index (χ1) is 15.2. The van der Waals surface area contributed by atoms with Crippen molar-refractivity contribution in [1.29, 1.82) is 0 Å². The van der Waals surface area contributed by atoms with Crippen molar-refractivity contribution in [2.24, 2.45) is 4.99 Å². The van der Waals surface area contributed by atoms with Crippen LogP contribution in [0.1, 0.15) is 52.4 Å². The minimum absolute atomic E-state index is 0.0915. The minimum Gasteiger partial charge on any atom is -0.353 e. The van der Waals surface area contributed by atoms with E-state index in [1.165, 1.54) is 6.07 Å². The molecule has 1 amide bonds. The summed E-state index contributed by atoms with van der Waals surface area (Å²) in [6.45, 7) is 1.70. The summed E-state index contributed by atoms with van der Waals surface area (Å²) in [4.78, 5) is 17.1. The van der Waals surface area contributed by atoms with Gasteiger partial charge in [-0.25, -0.2) is 20.2 Å². The Labute approximate surface area is 182 Å². The molecule has 2 atom stereocenters. The Balaban J connectivity index is 1.44. The zero-order valence-corrected chi connectivity index (χ0v) is 17.3. The van der Waals surface area contributed by atoms with Crippen LogP contribution in [0.25, 0.3) is 0 Å². The Bertz CT molecular complexity index is 1020. The third kappa shape index (κ3) is 5.43. The SMILES string of the molecule is Cc1ccc(C2CC(N=C(NC(=O)c3ccc(C(F)(F)F)cc3)NC3CC3)NN2)cc1F. The van der Waals surface area contributed by atoms with Crippen LogP contribution < -0.4 is 21.5 Å². The van der Waals surface area contributed by atoms with Crippen molar-refractivity contribution < 1.29 is 22.4 Å². The Kier molecular flexibility index (Phi) is 6.16. The zero-order chi connectivity index (χ0) is 22.9. The predicted octanol–water partition coefficient (Wildman–Crippen LogP) is 3.56. The maximum Gasteiger partial charge on any atom is 0.416 e. The molecule has 2 unspecified atom stereocenters. The average Bonchev–Trinajstić information content (AvgIpc) is 3.44. The molecule has 10 heteroatoms. The van der Waals surface area contributed by atoms with Gasteiger partial charge in [-0.05, 0) is 61.2 Å². The molecule has 4 N–H and O–H groups in total. The van der Waals surface area contributed by atoms with Gasteiger partial charge in [0.05, 0.1) is 5.56 Å². The van der Waals surface area contributed by atoms with Crippen LogP contribution in [0.15, 0.2) is 47.5 Å². The van der Waals surface area contributed by atoms with Gasteiger partial charge in [-0.2, -0.15) is 13.2 Å². The Hall–Kier alpha value is -2.98. The number of guanidine groups is 1. The van der Waals surface area contributed by atoms with Gasteiger partial charge in [-0.1, -0.05) is 12.1 Å². The van der Waals surface area contributed by atoms with E-state index in [0.717, 1.165) is 42.7 Å². The molecule has 1 saturated heterocycles. The molecular weight excluding hydrogens is 426 g/mol. The summed E-state index contributed by atoms with van der Waals surface area (Å²) in [5, 5.41) is 5.79. The molecule has 2 aromatic rings. The van der Waals surface area contributed by atoms with E-state index in [0.29, 0.717) is 12.0 Å². The molecule has 1 aliphatic heterocycles. The smallest absolute Gasteiger partial charge is 0.353 e. The van der Waals surface area contributed by atoms with Gasteiger partial charge in [0.2, 0.25) is 0 Å². The number of hydrogen-bond acceptors (Lipinski definition) is 4. The molecule has 0 bridgehead atoms. The number of carbonyl (C=O) groups is 1. The van der Waals surface area contributed by atoms with Crippen molar-refractivity contribution in [3.8, 4) is 0 Å². The van der Waals surface area contributed by atoms with Gasteiger partial charge >= 0.3 is 6.18 Å². The fraction of sp³-hybridized carbons (Fsp3) is 0.364. The number of aliphatic imine (C=N–C) groups is 1. The lowest BCUT2D eigenvalue weighted by molar-refractivity contribution is -0.137. The molecule has 1 aliphatic carbocycles. The van der Waals surface area contributed by atoms with Crippen LogP contribution in [0.2, 0.25) is 0 Å². The van der Waals surface area contributed by atoms with Crippen LogP contribution in [-0.2, 0) is 6.18 Å². The molecule has 1 heterocycles. The highest BCUT2D eigenvalue weighted by molar-refractivity contribution is 6.05. The van der Waals surface area contributed by atoms with Crippen LogP contribution in [0.5, 0.6) is 0 Å². The number of alkyl halides is 3. The molecule has 0 aromatic heterocycles. The largest absolute Gasteiger partial charge is 0.416 e. The summed E-state index contributed by atoms with van der Waals surface area (Å²) in [6, 6.07) is 9.07. The van der Waals surface area contributed by atoms with Gasteiger partial charge in [0.15, 0.2) is 5.96 Å². The quantitative estimate of drug-likeness (QED) is 0.327. The monoisotopic (exact) mass is 449 g/mol. The van der Waals surface area contributed by atoms with Gasteiger partial charge in [0, 0.05) is 24.1 Å². The summed E-state index contributed by atoms with van der Waals surface area (Å²) < 4.78 is 52.1. The van der Waals surface area contributed by atoms with Gasteiger partial charge in [0.1, 0.15) is 12.0 Å². The number of nitrogens with one attached hydrogen (secondary N) is 4. The highest BCUT2D eigenvalue weighted by Crippen LogP contribution is 2.29. The molecule has 170 valence electrons. The normalized spacial score (nSPS) is 21.5. The van der Waals surface area contributed by atoms with Gasteiger partial charge in [-0.3, -0.25) is 10.1 Å². The molecule has 2 aromatic carbocycles. The highest BCUT2D eigenvalue weighted by Gasteiger charge is 2.31. The number of hydrogen-bond donors (Lipinski definition) is 4. The summed E-state index contributed by atoms with van der Waals surface area (Å²) >= 11 is 0. The zero-order valence-electron chi connectivity index (χ0n) is 17.3. The Morgan fingerprint density at radius 2 is 1.81 bits per heavy atom. The summed E-state index contributed by atoms with van der Waals surface area (Å²) in [5.74, 6) is -0.600. The Morgan fingerprint density at radius 1 is 1.09 bits per heavy atom. The fourth-order valence-electron chi connectivity index (χ4n) is 3.34. The van der Waals surface area contributed by atoms with Crippen LogP contribution in [0.4, 0.5) is 17.6 Å². The van der Waals surface area contributed by atoms with Crippen molar-refractivity contribution >= 4 is 11.9 Å². The Morgan fingerprint density at radius 3 is 2.44 bits per heavy atom. The number of rotatable bonds is 4. The first-order valence-corrected chi connectivity index (χ1v) is 10.3. The predicted molar refractivity (Wildman–Crippen MR) is 111 cm³/mol. The molecule has 0 radical (unpaired) electrons. The van der Waals surface area contributed by atoms with E-state index in [4.69, 9.17) is 0 Å². The highest BCUT2D eigenvalue weighted by atomic mass is 19.4. The van der Waals surface area contributed by atoms with Crippen LogP contribution >= 0.6 is 0 Å². The standard InChI is InChI=1S/C22H23F4N5O/c1-12-2-3-14(10-17(12)23)18-11-19(31-30-18)28-21(27-16-8-9-16)29-20(32)13-4-6-15(7-5-13)22(24,25)26/h2-7,10,16,18-19,30-31H,8-9,11H2,1H3,(H2,27,28,29,32). The van der Waals surface area contributed by atoms with Crippen molar-refractivity contribution in [2.45, 2.75) is 50.6 Å². The summed E-state index contributed by atoms with van der Waals surface area (Å²) in [7, 11) is 0. The molecule has 4 rings (SSSR count). The molecular formula is C22H23F4N5O. The third-order valence-electron chi connectivity index (χ3n) is 5.39. The van der Waals surface area contributed by atoms with Crippen molar-refractivity contribution in [3.63, 3.8) is 0 Å². The van der Waals surface area contributed by atoms with Gasteiger partial charge < -0.3 is 5.32 Å².